The summed E-state index contributed by atoms with van der Waals surface area (Å²) in [5, 5.41) is 11.0. The molecule has 0 amide bonds. The zero-order chi connectivity index (χ0) is 15.0. The number of aromatic nitrogens is 1. The summed E-state index contributed by atoms with van der Waals surface area (Å²) < 4.78 is 9.89. The fourth-order valence-corrected chi connectivity index (χ4v) is 2.45. The maximum absolute atomic E-state index is 11.7. The minimum atomic E-state index is -0.483. The lowest BCUT2D eigenvalue weighted by Crippen LogP contribution is -2.06. The predicted octanol–water partition coefficient (Wildman–Crippen LogP) is 2.47. The maximum Gasteiger partial charge on any atom is 0.343 e. The third-order valence-corrected chi connectivity index (χ3v) is 3.82. The van der Waals surface area contributed by atoms with Crippen molar-refractivity contribution in [2.45, 2.75) is 18.9 Å². The highest BCUT2D eigenvalue weighted by Gasteiger charge is 2.30. The quantitative estimate of drug-likeness (QED) is 0.875. The molecule has 2 aromatic rings. The van der Waals surface area contributed by atoms with Gasteiger partial charge in [0.25, 0.3) is 0 Å². The summed E-state index contributed by atoms with van der Waals surface area (Å²) in [7, 11) is 2.78. The highest BCUT2D eigenvalue weighted by atomic mass is 16.5. The minimum absolute atomic E-state index is 0.229. The van der Waals surface area contributed by atoms with E-state index in [1.807, 2.05) is 18.2 Å². The molecule has 1 unspecified atom stereocenters. The molecule has 1 aromatic carbocycles. The van der Waals surface area contributed by atoms with Gasteiger partial charge in [0.15, 0.2) is 0 Å². The highest BCUT2D eigenvalue weighted by Crippen LogP contribution is 2.41. The van der Waals surface area contributed by atoms with Gasteiger partial charge >= 0.3 is 5.97 Å². The molecule has 3 rings (SSSR count). The number of fused-ring (bicyclic) bond motifs is 1. The van der Waals surface area contributed by atoms with Crippen LogP contribution in [-0.2, 0) is 4.74 Å². The average molecular weight is 287 g/mol. The predicted molar refractivity (Wildman–Crippen MR) is 77.3 cm³/mol. The van der Waals surface area contributed by atoms with Crippen LogP contribution in [0.2, 0.25) is 0 Å². The van der Waals surface area contributed by atoms with Crippen molar-refractivity contribution < 1.29 is 19.4 Å². The summed E-state index contributed by atoms with van der Waals surface area (Å²) in [5.74, 6) is 0.106. The van der Waals surface area contributed by atoms with Crippen molar-refractivity contribution in [3.63, 3.8) is 0 Å². The number of nitrogens with zero attached hydrogens (tertiary/aromatic N) is 1. The lowest BCUT2D eigenvalue weighted by atomic mass is 10.0. The Morgan fingerprint density at radius 1 is 1.33 bits per heavy atom. The zero-order valence-corrected chi connectivity index (χ0v) is 12.0. The van der Waals surface area contributed by atoms with E-state index in [0.29, 0.717) is 17.0 Å². The number of carbonyl (C=O) groups excluding carboxylic acids is 1. The van der Waals surface area contributed by atoms with Gasteiger partial charge in [-0.3, -0.25) is 0 Å². The number of carbonyl (C=O) groups is 1. The summed E-state index contributed by atoms with van der Waals surface area (Å²) >= 11 is 0. The van der Waals surface area contributed by atoms with E-state index in [0.717, 1.165) is 23.8 Å². The molecule has 1 heterocycles. The van der Waals surface area contributed by atoms with Gasteiger partial charge in [-0.25, -0.2) is 9.78 Å². The Balaban J connectivity index is 2.07. The molecule has 5 nitrogen and oxygen atoms in total. The zero-order valence-electron chi connectivity index (χ0n) is 12.0. The SMILES string of the molecule is COC(=O)c1cc2ccc(C(O)C3CC3)cc2nc1OC. The second-order valence-electron chi connectivity index (χ2n) is 5.27. The number of aliphatic hydroxyl groups is 1. The third-order valence-electron chi connectivity index (χ3n) is 3.82. The van der Waals surface area contributed by atoms with Gasteiger partial charge in [0.1, 0.15) is 5.56 Å². The second-order valence-corrected chi connectivity index (χ2v) is 5.27. The molecule has 1 aliphatic carbocycles. The van der Waals surface area contributed by atoms with Gasteiger partial charge in [0, 0.05) is 5.39 Å². The molecular weight excluding hydrogens is 270 g/mol. The normalized spacial score (nSPS) is 15.8. The molecule has 0 radical (unpaired) electrons. The topological polar surface area (TPSA) is 68.7 Å². The third kappa shape index (κ3) is 2.56. The van der Waals surface area contributed by atoms with E-state index in [9.17, 15) is 9.90 Å². The van der Waals surface area contributed by atoms with Crippen molar-refractivity contribution in [2.24, 2.45) is 5.92 Å². The molecule has 0 aliphatic heterocycles. The molecule has 5 heteroatoms. The van der Waals surface area contributed by atoms with E-state index < -0.39 is 12.1 Å². The van der Waals surface area contributed by atoms with Gasteiger partial charge < -0.3 is 14.6 Å². The molecule has 1 fully saturated rings. The Kier molecular flexibility index (Phi) is 3.51. The molecule has 110 valence electrons. The van der Waals surface area contributed by atoms with Crippen molar-refractivity contribution in [1.82, 2.24) is 4.98 Å². The molecule has 1 atom stereocenters. The number of esters is 1. The number of rotatable bonds is 4. The van der Waals surface area contributed by atoms with Crippen LogP contribution >= 0.6 is 0 Å². The van der Waals surface area contributed by atoms with Crippen molar-refractivity contribution in [3.8, 4) is 5.88 Å². The van der Waals surface area contributed by atoms with Crippen molar-refractivity contribution in [1.29, 1.82) is 0 Å². The number of hydrogen-bond donors (Lipinski definition) is 1. The number of ether oxygens (including phenoxy) is 2. The van der Waals surface area contributed by atoms with Crippen molar-refractivity contribution >= 4 is 16.9 Å². The number of benzene rings is 1. The summed E-state index contributed by atoms with van der Waals surface area (Å²) in [6.07, 6.45) is 1.69. The number of methoxy groups -OCH3 is 2. The number of aliphatic hydroxyl groups excluding tert-OH is 1. The van der Waals surface area contributed by atoms with Crippen LogP contribution in [0.15, 0.2) is 24.3 Å². The van der Waals surface area contributed by atoms with Crippen LogP contribution in [0.5, 0.6) is 5.88 Å². The van der Waals surface area contributed by atoms with Gasteiger partial charge in [-0.1, -0.05) is 12.1 Å². The minimum Gasteiger partial charge on any atom is -0.480 e. The molecule has 1 saturated carbocycles. The Labute approximate surface area is 122 Å². The Morgan fingerprint density at radius 2 is 2.10 bits per heavy atom. The van der Waals surface area contributed by atoms with Crippen molar-refractivity contribution in [2.75, 3.05) is 14.2 Å². The van der Waals surface area contributed by atoms with E-state index in [1.165, 1.54) is 14.2 Å². The van der Waals surface area contributed by atoms with Crippen LogP contribution in [0.25, 0.3) is 10.9 Å². The van der Waals surface area contributed by atoms with Crippen LogP contribution in [0, 0.1) is 5.92 Å². The lowest BCUT2D eigenvalue weighted by molar-refractivity contribution is 0.0596. The lowest BCUT2D eigenvalue weighted by Gasteiger charge is -2.12. The van der Waals surface area contributed by atoms with Crippen molar-refractivity contribution in [3.05, 3.63) is 35.4 Å². The largest absolute Gasteiger partial charge is 0.480 e. The summed E-state index contributed by atoms with van der Waals surface area (Å²) in [6.45, 7) is 0. The first-order valence-corrected chi connectivity index (χ1v) is 6.89. The van der Waals surface area contributed by atoms with Crippen LogP contribution in [0.1, 0.15) is 34.9 Å². The highest BCUT2D eigenvalue weighted by molar-refractivity contribution is 5.96. The summed E-state index contributed by atoms with van der Waals surface area (Å²) in [6, 6.07) is 7.28. The molecular formula is C16H17NO4. The van der Waals surface area contributed by atoms with Crippen LogP contribution < -0.4 is 4.74 Å². The number of hydrogen-bond acceptors (Lipinski definition) is 5. The molecule has 1 N–H and O–H groups in total. The first kappa shape index (κ1) is 13.8. The molecule has 1 aliphatic rings. The van der Waals surface area contributed by atoms with Crippen LogP contribution in [0.4, 0.5) is 0 Å². The van der Waals surface area contributed by atoms with E-state index in [-0.39, 0.29) is 5.88 Å². The average Bonchev–Trinajstić information content (AvgIpc) is 3.36. The maximum atomic E-state index is 11.7. The monoisotopic (exact) mass is 287 g/mol. The molecule has 0 spiro atoms. The fraction of sp³-hybridized carbons (Fsp3) is 0.375. The van der Waals surface area contributed by atoms with E-state index in [2.05, 4.69) is 4.98 Å². The Hall–Kier alpha value is -2.14. The number of pyridine rings is 1. The van der Waals surface area contributed by atoms with E-state index in [4.69, 9.17) is 9.47 Å². The van der Waals surface area contributed by atoms with Gasteiger partial charge in [0.2, 0.25) is 5.88 Å². The fourth-order valence-electron chi connectivity index (χ4n) is 2.45. The Morgan fingerprint density at radius 3 is 2.71 bits per heavy atom. The van der Waals surface area contributed by atoms with Gasteiger partial charge in [-0.15, -0.1) is 0 Å². The van der Waals surface area contributed by atoms with Gasteiger partial charge in [-0.2, -0.15) is 0 Å². The second kappa shape index (κ2) is 5.33. The van der Waals surface area contributed by atoms with Gasteiger partial charge in [0.05, 0.1) is 25.8 Å². The van der Waals surface area contributed by atoms with Crippen LogP contribution in [0.3, 0.4) is 0 Å². The standard InChI is InChI=1S/C16H17NO4/c1-20-15-12(16(19)21-2)7-10-5-6-11(8-13(10)17-15)14(18)9-3-4-9/h5-9,14,18H,3-4H2,1-2H3. The summed E-state index contributed by atoms with van der Waals surface area (Å²) in [4.78, 5) is 16.1. The summed E-state index contributed by atoms with van der Waals surface area (Å²) in [5.41, 5.74) is 1.84. The van der Waals surface area contributed by atoms with E-state index >= 15 is 0 Å². The van der Waals surface area contributed by atoms with Crippen LogP contribution in [-0.4, -0.2) is 30.3 Å². The first-order chi connectivity index (χ1) is 10.1. The smallest absolute Gasteiger partial charge is 0.343 e. The molecule has 0 saturated heterocycles. The first-order valence-electron chi connectivity index (χ1n) is 6.89. The van der Waals surface area contributed by atoms with Gasteiger partial charge in [-0.05, 0) is 36.5 Å². The Bertz CT molecular complexity index is 694. The molecule has 21 heavy (non-hydrogen) atoms. The molecule has 0 bridgehead atoms. The molecule has 1 aromatic heterocycles. The van der Waals surface area contributed by atoms with E-state index in [1.54, 1.807) is 6.07 Å².